The van der Waals surface area contributed by atoms with Gasteiger partial charge in [0.1, 0.15) is 11.6 Å². The Hall–Kier alpha value is -3.47. The van der Waals surface area contributed by atoms with Crippen LogP contribution in [0.25, 0.3) is 16.7 Å². The highest BCUT2D eigenvalue weighted by molar-refractivity contribution is 6.06. The largest absolute Gasteiger partial charge is 0.322 e. The van der Waals surface area contributed by atoms with E-state index in [1.54, 1.807) is 12.1 Å². The lowest BCUT2D eigenvalue weighted by atomic mass is 10.1. The third-order valence-corrected chi connectivity index (χ3v) is 4.20. The van der Waals surface area contributed by atoms with Gasteiger partial charge in [-0.05, 0) is 61.5 Å². The standard InChI is InChI=1S/C21H16FN3O/c1-14-23-19-13-15(21(26)24-17-10-8-16(22)9-11-17)7-12-20(19)25(14)18-5-3-2-4-6-18/h2-13H,1H3,(H,24,26). The van der Waals surface area contributed by atoms with E-state index in [4.69, 9.17) is 0 Å². The molecule has 128 valence electrons. The van der Waals surface area contributed by atoms with Crippen molar-refractivity contribution >= 4 is 22.6 Å². The molecule has 1 heterocycles. The molecule has 4 nitrogen and oxygen atoms in total. The van der Waals surface area contributed by atoms with Gasteiger partial charge in [-0.3, -0.25) is 9.36 Å². The van der Waals surface area contributed by atoms with Crippen LogP contribution in [0.3, 0.4) is 0 Å². The zero-order chi connectivity index (χ0) is 18.1. The minimum Gasteiger partial charge on any atom is -0.322 e. The number of amides is 1. The van der Waals surface area contributed by atoms with Crippen molar-refractivity contribution in [3.63, 3.8) is 0 Å². The summed E-state index contributed by atoms with van der Waals surface area (Å²) in [5, 5.41) is 2.76. The van der Waals surface area contributed by atoms with Gasteiger partial charge >= 0.3 is 0 Å². The van der Waals surface area contributed by atoms with Gasteiger partial charge in [-0.1, -0.05) is 18.2 Å². The summed E-state index contributed by atoms with van der Waals surface area (Å²) < 4.78 is 15.0. The fourth-order valence-electron chi connectivity index (χ4n) is 2.98. The number of benzene rings is 3. The first kappa shape index (κ1) is 16.0. The molecule has 1 amide bonds. The lowest BCUT2D eigenvalue weighted by molar-refractivity contribution is 0.102. The Balaban J connectivity index is 1.68. The van der Waals surface area contributed by atoms with Gasteiger partial charge in [-0.25, -0.2) is 9.37 Å². The van der Waals surface area contributed by atoms with Crippen molar-refractivity contribution in [1.82, 2.24) is 9.55 Å². The molecule has 26 heavy (non-hydrogen) atoms. The maximum absolute atomic E-state index is 13.0. The van der Waals surface area contributed by atoms with Gasteiger partial charge in [0.2, 0.25) is 0 Å². The number of halogens is 1. The summed E-state index contributed by atoms with van der Waals surface area (Å²) in [4.78, 5) is 17.0. The number of carbonyl (C=O) groups is 1. The fraction of sp³-hybridized carbons (Fsp3) is 0.0476. The first-order valence-electron chi connectivity index (χ1n) is 8.23. The van der Waals surface area contributed by atoms with E-state index in [-0.39, 0.29) is 11.7 Å². The van der Waals surface area contributed by atoms with Gasteiger partial charge in [0.25, 0.3) is 5.91 Å². The molecule has 0 aliphatic carbocycles. The summed E-state index contributed by atoms with van der Waals surface area (Å²) in [6, 6.07) is 21.1. The van der Waals surface area contributed by atoms with Crippen molar-refractivity contribution < 1.29 is 9.18 Å². The van der Waals surface area contributed by atoms with Crippen LogP contribution in [-0.4, -0.2) is 15.5 Å². The number of hydrogen-bond donors (Lipinski definition) is 1. The van der Waals surface area contributed by atoms with Gasteiger partial charge < -0.3 is 5.32 Å². The third-order valence-electron chi connectivity index (χ3n) is 4.20. The Kier molecular flexibility index (Phi) is 3.97. The number of aromatic nitrogens is 2. The zero-order valence-electron chi connectivity index (χ0n) is 14.1. The van der Waals surface area contributed by atoms with Crippen molar-refractivity contribution in [2.24, 2.45) is 0 Å². The van der Waals surface area contributed by atoms with Crippen molar-refractivity contribution in [3.05, 3.63) is 90.0 Å². The first-order chi connectivity index (χ1) is 12.6. The van der Waals surface area contributed by atoms with Crippen LogP contribution in [0.15, 0.2) is 72.8 Å². The van der Waals surface area contributed by atoms with E-state index in [1.807, 2.05) is 43.3 Å². The van der Waals surface area contributed by atoms with E-state index in [2.05, 4.69) is 14.9 Å². The predicted molar refractivity (Wildman–Crippen MR) is 100 cm³/mol. The molecule has 0 radical (unpaired) electrons. The molecule has 0 saturated heterocycles. The van der Waals surface area contributed by atoms with E-state index in [1.165, 1.54) is 24.3 Å². The van der Waals surface area contributed by atoms with E-state index in [0.717, 1.165) is 22.5 Å². The van der Waals surface area contributed by atoms with Crippen LogP contribution in [0.4, 0.5) is 10.1 Å². The van der Waals surface area contributed by atoms with Crippen molar-refractivity contribution in [1.29, 1.82) is 0 Å². The van der Waals surface area contributed by atoms with Crippen LogP contribution in [0.5, 0.6) is 0 Å². The molecule has 0 bridgehead atoms. The molecule has 0 aliphatic rings. The second kappa shape index (κ2) is 6.44. The molecule has 1 aromatic heterocycles. The molecule has 0 fully saturated rings. The summed E-state index contributed by atoms with van der Waals surface area (Å²) in [6.07, 6.45) is 0. The second-order valence-corrected chi connectivity index (χ2v) is 5.99. The van der Waals surface area contributed by atoms with Gasteiger partial charge in [-0.15, -0.1) is 0 Å². The summed E-state index contributed by atoms with van der Waals surface area (Å²) in [5.41, 5.74) is 3.75. The zero-order valence-corrected chi connectivity index (χ0v) is 14.1. The third kappa shape index (κ3) is 2.95. The molecule has 0 aliphatic heterocycles. The highest BCUT2D eigenvalue weighted by atomic mass is 19.1. The number of nitrogens with one attached hydrogen (secondary N) is 1. The normalized spacial score (nSPS) is 10.8. The summed E-state index contributed by atoms with van der Waals surface area (Å²) in [6.45, 7) is 1.94. The molecule has 0 saturated carbocycles. The maximum Gasteiger partial charge on any atom is 0.255 e. The predicted octanol–water partition coefficient (Wildman–Crippen LogP) is 4.73. The van der Waals surface area contributed by atoms with Crippen molar-refractivity contribution in [3.8, 4) is 5.69 Å². The molecule has 4 aromatic rings. The van der Waals surface area contributed by atoms with Gasteiger partial charge in [-0.2, -0.15) is 0 Å². The smallest absolute Gasteiger partial charge is 0.255 e. The first-order valence-corrected chi connectivity index (χ1v) is 8.23. The van der Waals surface area contributed by atoms with Crippen LogP contribution in [0.1, 0.15) is 16.2 Å². The maximum atomic E-state index is 13.0. The number of imidazole rings is 1. The number of carbonyl (C=O) groups excluding carboxylic acids is 1. The summed E-state index contributed by atoms with van der Waals surface area (Å²) >= 11 is 0. The molecular formula is C21H16FN3O. The molecule has 0 spiro atoms. The Bertz CT molecular complexity index is 1090. The van der Waals surface area contributed by atoms with Crippen LogP contribution in [-0.2, 0) is 0 Å². The van der Waals surface area contributed by atoms with Gasteiger partial charge in [0.15, 0.2) is 0 Å². The Morgan fingerprint density at radius 1 is 1.00 bits per heavy atom. The summed E-state index contributed by atoms with van der Waals surface area (Å²) in [7, 11) is 0. The Labute approximate surface area is 149 Å². The topological polar surface area (TPSA) is 46.9 Å². The lowest BCUT2D eigenvalue weighted by Gasteiger charge is -2.07. The minimum atomic E-state index is -0.341. The number of fused-ring (bicyclic) bond motifs is 1. The van der Waals surface area contributed by atoms with Crippen molar-refractivity contribution in [2.45, 2.75) is 6.92 Å². The van der Waals surface area contributed by atoms with Crippen molar-refractivity contribution in [2.75, 3.05) is 5.32 Å². The Morgan fingerprint density at radius 2 is 1.73 bits per heavy atom. The number of rotatable bonds is 3. The molecule has 0 unspecified atom stereocenters. The number of nitrogens with zero attached hydrogens (tertiary/aromatic N) is 2. The monoisotopic (exact) mass is 345 g/mol. The average Bonchev–Trinajstić information content (AvgIpc) is 2.99. The summed E-state index contributed by atoms with van der Waals surface area (Å²) in [5.74, 6) is 0.249. The average molecular weight is 345 g/mol. The van der Waals surface area contributed by atoms with Crippen LogP contribution >= 0.6 is 0 Å². The van der Waals surface area contributed by atoms with E-state index >= 15 is 0 Å². The second-order valence-electron chi connectivity index (χ2n) is 5.99. The van der Waals surface area contributed by atoms with E-state index in [9.17, 15) is 9.18 Å². The molecule has 3 aromatic carbocycles. The van der Waals surface area contributed by atoms with Gasteiger partial charge in [0, 0.05) is 16.9 Å². The minimum absolute atomic E-state index is 0.259. The Morgan fingerprint density at radius 3 is 2.46 bits per heavy atom. The number of hydrogen-bond acceptors (Lipinski definition) is 2. The SMILES string of the molecule is Cc1nc2cc(C(=O)Nc3ccc(F)cc3)ccc2n1-c1ccccc1. The van der Waals surface area contributed by atoms with E-state index < -0.39 is 0 Å². The fourth-order valence-corrected chi connectivity index (χ4v) is 2.98. The lowest BCUT2D eigenvalue weighted by Crippen LogP contribution is -2.11. The molecular weight excluding hydrogens is 329 g/mol. The molecule has 0 atom stereocenters. The molecule has 4 rings (SSSR count). The molecule has 1 N–H and O–H groups in total. The number of anilines is 1. The van der Waals surface area contributed by atoms with Gasteiger partial charge in [0.05, 0.1) is 11.0 Å². The van der Waals surface area contributed by atoms with E-state index in [0.29, 0.717) is 11.3 Å². The number of para-hydroxylation sites is 1. The quantitative estimate of drug-likeness (QED) is 0.584. The number of aryl methyl sites for hydroxylation is 1. The van der Waals surface area contributed by atoms with Crippen LogP contribution < -0.4 is 5.32 Å². The van der Waals surface area contributed by atoms with Crippen LogP contribution in [0, 0.1) is 12.7 Å². The molecule has 5 heteroatoms. The highest BCUT2D eigenvalue weighted by Crippen LogP contribution is 2.22. The van der Waals surface area contributed by atoms with Crippen LogP contribution in [0.2, 0.25) is 0 Å². The highest BCUT2D eigenvalue weighted by Gasteiger charge is 2.13.